The molecule has 0 aliphatic carbocycles. The molecule has 8 nitrogen and oxygen atoms in total. The summed E-state index contributed by atoms with van der Waals surface area (Å²) in [7, 11) is 0. The molecule has 2 aromatic rings. The average molecular weight is 351 g/mol. The predicted molar refractivity (Wildman–Crippen MR) is 90.8 cm³/mol. The number of thioether (sulfide) groups is 1. The lowest BCUT2D eigenvalue weighted by Gasteiger charge is -2.24. The molecule has 2 amide bonds. The number of carbonyl (C=O) groups excluding carboxylic acids is 1. The van der Waals surface area contributed by atoms with Gasteiger partial charge in [-0.25, -0.2) is 9.78 Å². The maximum absolute atomic E-state index is 12.2. The van der Waals surface area contributed by atoms with Crippen molar-refractivity contribution >= 4 is 17.8 Å². The van der Waals surface area contributed by atoms with Crippen molar-refractivity contribution in [1.29, 1.82) is 0 Å². The van der Waals surface area contributed by atoms with Gasteiger partial charge in [-0.2, -0.15) is 5.10 Å². The number of amides is 2. The third kappa shape index (κ3) is 5.43. The number of carbonyl (C=O) groups is 1. The van der Waals surface area contributed by atoms with Gasteiger partial charge < -0.3 is 20.4 Å². The van der Waals surface area contributed by atoms with Crippen LogP contribution in [-0.4, -0.2) is 61.7 Å². The first-order chi connectivity index (χ1) is 11.6. The van der Waals surface area contributed by atoms with Gasteiger partial charge in [0.2, 0.25) is 0 Å². The molecule has 0 unspecified atom stereocenters. The van der Waals surface area contributed by atoms with E-state index >= 15 is 0 Å². The molecular weight excluding hydrogens is 330 g/mol. The van der Waals surface area contributed by atoms with Crippen LogP contribution in [0.4, 0.5) is 4.79 Å². The number of rotatable bonds is 8. The van der Waals surface area contributed by atoms with Gasteiger partial charge in [-0.1, -0.05) is 23.9 Å². The highest BCUT2D eigenvalue weighted by Gasteiger charge is 2.17. The summed E-state index contributed by atoms with van der Waals surface area (Å²) in [4.78, 5) is 17.7. The molecule has 0 bridgehead atoms. The zero-order valence-electron chi connectivity index (χ0n) is 13.3. The molecule has 0 saturated carbocycles. The van der Waals surface area contributed by atoms with Crippen molar-refractivity contribution in [2.75, 3.05) is 25.4 Å². The molecule has 0 saturated heterocycles. The molecule has 0 radical (unpaired) electrons. The second-order valence-electron chi connectivity index (χ2n) is 5.02. The number of hydrogen-bond donors (Lipinski definition) is 4. The quantitative estimate of drug-likeness (QED) is 0.422. The van der Waals surface area contributed by atoms with Gasteiger partial charge in [0.05, 0.1) is 12.6 Å². The number of aromatic amines is 1. The van der Waals surface area contributed by atoms with Crippen LogP contribution >= 0.6 is 11.8 Å². The third-order valence-corrected chi connectivity index (χ3v) is 4.21. The zero-order chi connectivity index (χ0) is 17.4. The molecule has 0 spiro atoms. The summed E-state index contributed by atoms with van der Waals surface area (Å²) in [6.45, 7) is 2.94. The zero-order valence-corrected chi connectivity index (χ0v) is 14.2. The van der Waals surface area contributed by atoms with Crippen LogP contribution in [0.25, 0.3) is 0 Å². The standard InChI is InChI=1S/C15H21N5O3S/c1-2-20(9-13(22)11-4-3-5-12(21)8-11)15(23)16-6-7-24-14-17-10-18-19-14/h3-5,8,10,13,21-22H,2,6-7,9H2,1H3,(H,16,23)(H,17,18,19)/t13-/m1/s1. The van der Waals surface area contributed by atoms with Crippen molar-refractivity contribution in [1.82, 2.24) is 25.4 Å². The first-order valence-corrected chi connectivity index (χ1v) is 8.56. The van der Waals surface area contributed by atoms with Crippen molar-refractivity contribution in [3.8, 4) is 5.75 Å². The molecule has 24 heavy (non-hydrogen) atoms. The van der Waals surface area contributed by atoms with Gasteiger partial charge in [0, 0.05) is 18.8 Å². The molecule has 4 N–H and O–H groups in total. The van der Waals surface area contributed by atoms with Gasteiger partial charge in [-0.3, -0.25) is 5.10 Å². The number of benzene rings is 1. The Labute approximate surface area is 144 Å². The minimum Gasteiger partial charge on any atom is -0.508 e. The van der Waals surface area contributed by atoms with E-state index in [2.05, 4.69) is 20.5 Å². The largest absolute Gasteiger partial charge is 0.508 e. The molecule has 1 atom stereocenters. The lowest BCUT2D eigenvalue weighted by Crippen LogP contribution is -2.42. The van der Waals surface area contributed by atoms with E-state index in [1.54, 1.807) is 12.1 Å². The number of nitrogens with one attached hydrogen (secondary N) is 2. The lowest BCUT2D eigenvalue weighted by atomic mass is 10.1. The number of hydrogen-bond acceptors (Lipinski definition) is 6. The molecule has 2 rings (SSSR count). The number of aliphatic hydroxyl groups excluding tert-OH is 1. The number of phenolic OH excluding ortho intramolecular Hbond substituents is 1. The fourth-order valence-electron chi connectivity index (χ4n) is 2.08. The van der Waals surface area contributed by atoms with Gasteiger partial charge in [-0.05, 0) is 24.6 Å². The van der Waals surface area contributed by atoms with E-state index in [-0.39, 0.29) is 18.3 Å². The SMILES string of the molecule is CCN(C[C@@H](O)c1cccc(O)c1)C(=O)NCCSc1ncn[nH]1. The van der Waals surface area contributed by atoms with E-state index in [0.717, 1.165) is 0 Å². The van der Waals surface area contributed by atoms with Crippen molar-refractivity contribution in [3.05, 3.63) is 36.2 Å². The van der Waals surface area contributed by atoms with Crippen molar-refractivity contribution in [2.24, 2.45) is 0 Å². The van der Waals surface area contributed by atoms with Crippen LogP contribution in [0.3, 0.4) is 0 Å². The monoisotopic (exact) mass is 351 g/mol. The molecule has 130 valence electrons. The summed E-state index contributed by atoms with van der Waals surface area (Å²) in [5, 5.41) is 29.7. The average Bonchev–Trinajstić information content (AvgIpc) is 3.09. The van der Waals surface area contributed by atoms with Crippen LogP contribution in [0.5, 0.6) is 5.75 Å². The van der Waals surface area contributed by atoms with Gasteiger partial charge in [-0.15, -0.1) is 0 Å². The summed E-state index contributed by atoms with van der Waals surface area (Å²) in [5.74, 6) is 0.747. The number of aromatic nitrogens is 3. The van der Waals surface area contributed by atoms with Crippen molar-refractivity contribution in [2.45, 2.75) is 18.2 Å². The number of urea groups is 1. The van der Waals surface area contributed by atoms with E-state index in [0.29, 0.717) is 29.6 Å². The number of likely N-dealkylation sites (N-methyl/N-ethyl adjacent to an activating group) is 1. The topological polar surface area (TPSA) is 114 Å². The van der Waals surface area contributed by atoms with Crippen LogP contribution < -0.4 is 5.32 Å². The van der Waals surface area contributed by atoms with Gasteiger partial charge >= 0.3 is 6.03 Å². The Morgan fingerprint density at radius 2 is 2.33 bits per heavy atom. The molecule has 0 aliphatic rings. The Kier molecular flexibility index (Phi) is 6.89. The maximum Gasteiger partial charge on any atom is 0.317 e. The van der Waals surface area contributed by atoms with Crippen molar-refractivity contribution in [3.63, 3.8) is 0 Å². The van der Waals surface area contributed by atoms with Gasteiger partial charge in [0.1, 0.15) is 12.1 Å². The Balaban J connectivity index is 1.78. The summed E-state index contributed by atoms with van der Waals surface area (Å²) in [6.07, 6.45) is 0.578. The van der Waals surface area contributed by atoms with Gasteiger partial charge in [0.25, 0.3) is 0 Å². The van der Waals surface area contributed by atoms with Crippen LogP contribution in [0.15, 0.2) is 35.7 Å². The number of aliphatic hydroxyl groups is 1. The molecule has 1 aromatic heterocycles. The van der Waals surface area contributed by atoms with E-state index in [1.807, 2.05) is 6.92 Å². The molecule has 0 aliphatic heterocycles. The number of nitrogens with zero attached hydrogens (tertiary/aromatic N) is 3. The van der Waals surface area contributed by atoms with E-state index < -0.39 is 6.10 Å². The first-order valence-electron chi connectivity index (χ1n) is 7.58. The number of H-pyrrole nitrogens is 1. The summed E-state index contributed by atoms with van der Waals surface area (Å²) >= 11 is 1.46. The lowest BCUT2D eigenvalue weighted by molar-refractivity contribution is 0.123. The molecule has 0 fully saturated rings. The van der Waals surface area contributed by atoms with E-state index in [4.69, 9.17) is 0 Å². The molecule has 9 heteroatoms. The smallest absolute Gasteiger partial charge is 0.317 e. The Morgan fingerprint density at radius 1 is 1.50 bits per heavy atom. The minimum absolute atomic E-state index is 0.0866. The maximum atomic E-state index is 12.2. The molecule has 1 heterocycles. The second-order valence-corrected chi connectivity index (χ2v) is 6.10. The second kappa shape index (κ2) is 9.14. The molecular formula is C15H21N5O3S. The first kappa shape index (κ1) is 18.1. The van der Waals surface area contributed by atoms with Gasteiger partial charge in [0.15, 0.2) is 5.16 Å². The highest BCUT2D eigenvalue weighted by atomic mass is 32.2. The van der Waals surface area contributed by atoms with E-state index in [9.17, 15) is 15.0 Å². The Bertz CT molecular complexity index is 638. The summed E-state index contributed by atoms with van der Waals surface area (Å²) < 4.78 is 0. The third-order valence-electron chi connectivity index (χ3n) is 3.33. The highest BCUT2D eigenvalue weighted by molar-refractivity contribution is 7.99. The minimum atomic E-state index is -0.855. The van der Waals surface area contributed by atoms with Crippen LogP contribution in [0.2, 0.25) is 0 Å². The highest BCUT2D eigenvalue weighted by Crippen LogP contribution is 2.19. The fraction of sp³-hybridized carbons (Fsp3) is 0.400. The number of phenols is 1. The van der Waals surface area contributed by atoms with Crippen molar-refractivity contribution < 1.29 is 15.0 Å². The van der Waals surface area contributed by atoms with Crippen LogP contribution in [-0.2, 0) is 0 Å². The fourth-order valence-corrected chi connectivity index (χ4v) is 2.72. The molecule has 1 aromatic carbocycles. The Morgan fingerprint density at radius 3 is 3.00 bits per heavy atom. The summed E-state index contributed by atoms with van der Waals surface area (Å²) in [6, 6.07) is 6.15. The normalized spacial score (nSPS) is 11.9. The number of aromatic hydroxyl groups is 1. The van der Waals surface area contributed by atoms with E-state index in [1.165, 1.54) is 35.1 Å². The van der Waals surface area contributed by atoms with Crippen LogP contribution in [0, 0.1) is 0 Å². The van der Waals surface area contributed by atoms with Crippen LogP contribution in [0.1, 0.15) is 18.6 Å². The summed E-state index contributed by atoms with van der Waals surface area (Å²) in [5.41, 5.74) is 0.571. The Hall–Kier alpha value is -2.26. The predicted octanol–water partition coefficient (Wildman–Crippen LogP) is 1.37.